The van der Waals surface area contributed by atoms with Crippen molar-refractivity contribution in [2.45, 2.75) is 33.6 Å². The third-order valence-corrected chi connectivity index (χ3v) is 2.18. The Morgan fingerprint density at radius 2 is 1.75 bits per heavy atom. The van der Waals surface area contributed by atoms with E-state index in [9.17, 15) is 4.79 Å². The molecule has 1 aromatic rings. The highest BCUT2D eigenvalue weighted by Gasteiger charge is 1.96. The van der Waals surface area contributed by atoms with Gasteiger partial charge in [0.05, 0.1) is 0 Å². The summed E-state index contributed by atoms with van der Waals surface area (Å²) < 4.78 is 0. The number of carbonyl (C=O) groups excluding carboxylic acids is 1. The summed E-state index contributed by atoms with van der Waals surface area (Å²) in [4.78, 5) is 9.22. The molecule has 0 bridgehead atoms. The molecule has 0 heterocycles. The van der Waals surface area contributed by atoms with Crippen LogP contribution in [0.2, 0.25) is 5.02 Å². The number of nitrogens with two attached hydrogens (primary N) is 1. The van der Waals surface area contributed by atoms with Gasteiger partial charge in [0.15, 0.2) is 0 Å². The fourth-order valence-electron chi connectivity index (χ4n) is 1.11. The molecule has 90 valence electrons. The van der Waals surface area contributed by atoms with Crippen molar-refractivity contribution in [3.63, 3.8) is 0 Å². The number of hydrogen-bond donors (Lipinski definition) is 1. The van der Waals surface area contributed by atoms with Gasteiger partial charge in [-0.3, -0.25) is 4.79 Å². The van der Waals surface area contributed by atoms with Crippen LogP contribution in [0.1, 0.15) is 32.8 Å². The van der Waals surface area contributed by atoms with Crippen LogP contribution in [-0.2, 0) is 11.2 Å². The first-order valence-electron chi connectivity index (χ1n) is 5.42. The molecule has 0 spiro atoms. The summed E-state index contributed by atoms with van der Waals surface area (Å²) in [5, 5.41) is 0.822. The van der Waals surface area contributed by atoms with E-state index in [2.05, 4.69) is 31.7 Å². The quantitative estimate of drug-likeness (QED) is 0.866. The minimum absolute atomic E-state index is 0.333. The zero-order valence-electron chi connectivity index (χ0n) is 10.2. The van der Waals surface area contributed by atoms with Crippen LogP contribution in [0.15, 0.2) is 24.3 Å². The molecule has 1 aromatic carbocycles. The zero-order chi connectivity index (χ0) is 12.6. The van der Waals surface area contributed by atoms with Gasteiger partial charge in [-0.2, -0.15) is 0 Å². The third-order valence-electron chi connectivity index (χ3n) is 1.92. The maximum absolute atomic E-state index is 9.22. The average molecular weight is 242 g/mol. The van der Waals surface area contributed by atoms with E-state index in [4.69, 9.17) is 11.6 Å². The first-order valence-corrected chi connectivity index (χ1v) is 5.80. The van der Waals surface area contributed by atoms with Crippen LogP contribution in [0.4, 0.5) is 0 Å². The molecule has 1 rings (SSSR count). The molecule has 2 N–H and O–H groups in total. The number of aryl methyl sites for hydroxylation is 1. The van der Waals surface area contributed by atoms with E-state index in [0.717, 1.165) is 17.4 Å². The Kier molecular flexibility index (Phi) is 7.65. The Balaban J connectivity index is 0.000000487. The lowest BCUT2D eigenvalue weighted by Crippen LogP contribution is -2.01. The molecule has 3 heteroatoms. The van der Waals surface area contributed by atoms with Crippen molar-refractivity contribution >= 4 is 17.5 Å². The molecule has 2 nitrogen and oxygen atoms in total. The van der Waals surface area contributed by atoms with Crippen molar-refractivity contribution < 1.29 is 4.79 Å². The first kappa shape index (κ1) is 15.0. The topological polar surface area (TPSA) is 43.1 Å². The second kappa shape index (κ2) is 8.17. The van der Waals surface area contributed by atoms with Crippen LogP contribution in [-0.4, -0.2) is 5.91 Å². The van der Waals surface area contributed by atoms with Gasteiger partial charge in [-0.25, -0.2) is 0 Å². The predicted molar refractivity (Wildman–Crippen MR) is 69.5 cm³/mol. The number of benzene rings is 1. The number of halogens is 1. The van der Waals surface area contributed by atoms with Crippen LogP contribution in [0.5, 0.6) is 0 Å². The van der Waals surface area contributed by atoms with Gasteiger partial charge in [0.25, 0.3) is 0 Å². The van der Waals surface area contributed by atoms with Gasteiger partial charge in [-0.05, 0) is 36.5 Å². The zero-order valence-corrected chi connectivity index (χ0v) is 10.9. The lowest BCUT2D eigenvalue weighted by atomic mass is 10.0. The highest BCUT2D eigenvalue weighted by molar-refractivity contribution is 6.30. The van der Waals surface area contributed by atoms with Crippen molar-refractivity contribution in [1.82, 2.24) is 0 Å². The predicted octanol–water partition coefficient (Wildman–Crippen LogP) is 3.42. The molecule has 1 amide bonds. The molecule has 0 fully saturated rings. The van der Waals surface area contributed by atoms with Gasteiger partial charge in [0.2, 0.25) is 5.91 Å². The highest BCUT2D eigenvalue weighted by Crippen LogP contribution is 2.12. The molecule has 0 aliphatic carbocycles. The Hall–Kier alpha value is -1.02. The van der Waals surface area contributed by atoms with Crippen LogP contribution in [0, 0.1) is 5.92 Å². The summed E-state index contributed by atoms with van der Waals surface area (Å²) in [7, 11) is 0. The maximum atomic E-state index is 9.22. The van der Waals surface area contributed by atoms with E-state index in [1.54, 1.807) is 0 Å². The number of hydrogen-bond acceptors (Lipinski definition) is 1. The summed E-state index contributed by atoms with van der Waals surface area (Å²) in [5.74, 6) is 0.445. The summed E-state index contributed by atoms with van der Waals surface area (Å²) >= 11 is 5.77. The van der Waals surface area contributed by atoms with E-state index in [1.165, 1.54) is 18.9 Å². The van der Waals surface area contributed by atoms with E-state index in [1.807, 2.05) is 12.1 Å². The first-order chi connectivity index (χ1) is 7.41. The van der Waals surface area contributed by atoms with Crippen LogP contribution < -0.4 is 5.73 Å². The highest BCUT2D eigenvalue weighted by atomic mass is 35.5. The van der Waals surface area contributed by atoms with Crippen molar-refractivity contribution in [2.75, 3.05) is 0 Å². The van der Waals surface area contributed by atoms with Gasteiger partial charge < -0.3 is 5.73 Å². The Morgan fingerprint density at radius 1 is 1.31 bits per heavy atom. The van der Waals surface area contributed by atoms with Gasteiger partial charge in [-0.15, -0.1) is 0 Å². The minimum atomic E-state index is -0.333. The minimum Gasteiger partial charge on any atom is -0.370 e. The van der Waals surface area contributed by atoms with Crippen molar-refractivity contribution in [1.29, 1.82) is 0 Å². The van der Waals surface area contributed by atoms with Crippen molar-refractivity contribution in [2.24, 2.45) is 11.7 Å². The van der Waals surface area contributed by atoms with Gasteiger partial charge >= 0.3 is 0 Å². The van der Waals surface area contributed by atoms with E-state index in [0.29, 0.717) is 0 Å². The van der Waals surface area contributed by atoms with E-state index < -0.39 is 0 Å². The van der Waals surface area contributed by atoms with Gasteiger partial charge in [0, 0.05) is 11.9 Å². The second-order valence-corrected chi connectivity index (χ2v) is 4.61. The molecule has 0 aromatic heterocycles. The van der Waals surface area contributed by atoms with Crippen LogP contribution >= 0.6 is 11.6 Å². The molecule has 0 unspecified atom stereocenters. The summed E-state index contributed by atoms with van der Waals surface area (Å²) in [5.41, 5.74) is 5.85. The summed E-state index contributed by atoms with van der Waals surface area (Å²) in [6.45, 7) is 5.80. The van der Waals surface area contributed by atoms with Crippen LogP contribution in [0.25, 0.3) is 0 Å². The number of amides is 1. The number of rotatable bonds is 3. The van der Waals surface area contributed by atoms with Crippen molar-refractivity contribution in [3.8, 4) is 0 Å². The van der Waals surface area contributed by atoms with Gasteiger partial charge in [-0.1, -0.05) is 37.6 Å². The SMILES string of the molecule is CC(C)CCc1ccc(Cl)cc1.CC(N)=O. The molecular weight excluding hydrogens is 222 g/mol. The molecule has 0 atom stereocenters. The van der Waals surface area contributed by atoms with Crippen LogP contribution in [0.3, 0.4) is 0 Å². The standard InChI is InChI=1S/C11H15Cl.C2H5NO/c1-9(2)3-4-10-5-7-11(12)8-6-10;1-2(3)4/h5-9H,3-4H2,1-2H3;1H3,(H2,3,4). The Morgan fingerprint density at radius 3 is 2.12 bits per heavy atom. The largest absolute Gasteiger partial charge is 0.370 e. The Bertz CT molecular complexity index is 302. The molecular formula is C13H20ClNO. The molecule has 0 saturated heterocycles. The molecule has 16 heavy (non-hydrogen) atoms. The monoisotopic (exact) mass is 241 g/mol. The fourth-order valence-corrected chi connectivity index (χ4v) is 1.23. The Labute approximate surface area is 103 Å². The second-order valence-electron chi connectivity index (χ2n) is 4.17. The molecule has 0 radical (unpaired) electrons. The average Bonchev–Trinajstić information content (AvgIpc) is 2.16. The molecule has 0 aliphatic heterocycles. The van der Waals surface area contributed by atoms with Crippen molar-refractivity contribution in [3.05, 3.63) is 34.9 Å². The summed E-state index contributed by atoms with van der Waals surface area (Å²) in [6, 6.07) is 8.11. The molecule has 0 aliphatic rings. The third kappa shape index (κ3) is 9.53. The fraction of sp³-hybridized carbons (Fsp3) is 0.462. The van der Waals surface area contributed by atoms with E-state index in [-0.39, 0.29) is 5.91 Å². The summed E-state index contributed by atoms with van der Waals surface area (Å²) in [6.07, 6.45) is 2.41. The number of primary amides is 1. The molecule has 0 saturated carbocycles. The van der Waals surface area contributed by atoms with Gasteiger partial charge in [0.1, 0.15) is 0 Å². The lowest BCUT2D eigenvalue weighted by molar-refractivity contribution is -0.115. The smallest absolute Gasteiger partial charge is 0.214 e. The maximum Gasteiger partial charge on any atom is 0.214 e. The number of carbonyl (C=O) groups is 1. The van der Waals surface area contributed by atoms with E-state index >= 15 is 0 Å². The lowest BCUT2D eigenvalue weighted by Gasteiger charge is -2.03. The normalized spacial score (nSPS) is 9.56.